The summed E-state index contributed by atoms with van der Waals surface area (Å²) in [7, 11) is 0. The third-order valence-electron chi connectivity index (χ3n) is 4.39. The van der Waals surface area contributed by atoms with Crippen LogP contribution in [0.3, 0.4) is 0 Å². The van der Waals surface area contributed by atoms with Gasteiger partial charge in [-0.3, -0.25) is 0 Å². The quantitative estimate of drug-likeness (QED) is 0.594. The van der Waals surface area contributed by atoms with Crippen molar-refractivity contribution in [2.45, 2.75) is 72.1 Å². The molecule has 0 atom stereocenters. The van der Waals surface area contributed by atoms with Crippen LogP contribution in [0.25, 0.3) is 0 Å². The summed E-state index contributed by atoms with van der Waals surface area (Å²) in [5.74, 6) is 0.751. The SMILES string of the molecule is CCCCOCCC1(CNCC(C)C)CCCCC1. The van der Waals surface area contributed by atoms with Gasteiger partial charge in [-0.25, -0.2) is 0 Å². The fourth-order valence-electron chi connectivity index (χ4n) is 3.08. The molecule has 2 heteroatoms. The predicted octanol–water partition coefficient (Wildman–Crippen LogP) is 4.39. The average molecular weight is 269 g/mol. The van der Waals surface area contributed by atoms with Crippen molar-refractivity contribution in [3.05, 3.63) is 0 Å². The molecule has 1 N–H and O–H groups in total. The largest absolute Gasteiger partial charge is 0.381 e. The molecule has 0 unspecified atom stereocenters. The third-order valence-corrected chi connectivity index (χ3v) is 4.39. The molecule has 1 aliphatic carbocycles. The molecule has 0 spiro atoms. The van der Waals surface area contributed by atoms with Crippen molar-refractivity contribution in [1.82, 2.24) is 5.32 Å². The van der Waals surface area contributed by atoms with Crippen LogP contribution in [0.1, 0.15) is 72.1 Å². The molecular formula is C17H35NO. The third kappa shape index (κ3) is 7.31. The number of rotatable bonds is 10. The van der Waals surface area contributed by atoms with Gasteiger partial charge in [0.1, 0.15) is 0 Å². The van der Waals surface area contributed by atoms with Crippen molar-refractivity contribution in [2.24, 2.45) is 11.3 Å². The summed E-state index contributed by atoms with van der Waals surface area (Å²) in [4.78, 5) is 0. The van der Waals surface area contributed by atoms with Crippen LogP contribution in [0, 0.1) is 11.3 Å². The Morgan fingerprint density at radius 3 is 2.47 bits per heavy atom. The first kappa shape index (κ1) is 17.0. The number of nitrogens with one attached hydrogen (secondary N) is 1. The van der Waals surface area contributed by atoms with Crippen LogP contribution in [0.15, 0.2) is 0 Å². The van der Waals surface area contributed by atoms with Gasteiger partial charge in [-0.2, -0.15) is 0 Å². The van der Waals surface area contributed by atoms with E-state index in [1.165, 1.54) is 57.9 Å². The lowest BCUT2D eigenvalue weighted by Crippen LogP contribution is -2.38. The van der Waals surface area contributed by atoms with Gasteiger partial charge < -0.3 is 10.1 Å². The Kier molecular flexibility index (Phi) is 8.72. The molecule has 0 bridgehead atoms. The van der Waals surface area contributed by atoms with E-state index < -0.39 is 0 Å². The van der Waals surface area contributed by atoms with Crippen LogP contribution in [0.5, 0.6) is 0 Å². The Morgan fingerprint density at radius 1 is 1.11 bits per heavy atom. The van der Waals surface area contributed by atoms with Crippen LogP contribution in [-0.2, 0) is 4.74 Å². The fourth-order valence-corrected chi connectivity index (χ4v) is 3.08. The first-order valence-electron chi connectivity index (χ1n) is 8.47. The molecule has 19 heavy (non-hydrogen) atoms. The number of hydrogen-bond acceptors (Lipinski definition) is 2. The molecule has 1 saturated carbocycles. The second-order valence-corrected chi connectivity index (χ2v) is 6.80. The zero-order chi connectivity index (χ0) is 14.0. The summed E-state index contributed by atoms with van der Waals surface area (Å²) in [6.45, 7) is 11.1. The van der Waals surface area contributed by atoms with Crippen LogP contribution in [-0.4, -0.2) is 26.3 Å². The van der Waals surface area contributed by atoms with Crippen molar-refractivity contribution < 1.29 is 4.74 Å². The smallest absolute Gasteiger partial charge is 0.0471 e. The Labute approximate surface area is 120 Å². The van der Waals surface area contributed by atoms with E-state index >= 15 is 0 Å². The van der Waals surface area contributed by atoms with E-state index in [4.69, 9.17) is 4.74 Å². The standard InChI is InChI=1S/C17H35NO/c1-4-5-12-19-13-11-17(9-7-6-8-10-17)15-18-14-16(2)3/h16,18H,4-15H2,1-3H3. The van der Waals surface area contributed by atoms with E-state index in [9.17, 15) is 0 Å². The lowest BCUT2D eigenvalue weighted by atomic mass is 9.72. The molecule has 1 fully saturated rings. The van der Waals surface area contributed by atoms with Crippen LogP contribution < -0.4 is 5.32 Å². The first-order valence-corrected chi connectivity index (χ1v) is 8.47. The number of unbranched alkanes of at least 4 members (excludes halogenated alkanes) is 1. The highest BCUT2D eigenvalue weighted by atomic mass is 16.5. The van der Waals surface area contributed by atoms with E-state index in [0.29, 0.717) is 5.41 Å². The molecule has 0 heterocycles. The molecule has 0 amide bonds. The van der Waals surface area contributed by atoms with E-state index in [1.54, 1.807) is 0 Å². The Balaban J connectivity index is 2.28. The van der Waals surface area contributed by atoms with Crippen LogP contribution >= 0.6 is 0 Å². The predicted molar refractivity (Wildman–Crippen MR) is 83.6 cm³/mol. The Morgan fingerprint density at radius 2 is 1.84 bits per heavy atom. The van der Waals surface area contributed by atoms with E-state index in [1.807, 2.05) is 0 Å². The average Bonchev–Trinajstić information content (AvgIpc) is 2.39. The summed E-state index contributed by atoms with van der Waals surface area (Å²) in [5.41, 5.74) is 0.527. The molecule has 0 aromatic carbocycles. The lowest BCUT2D eigenvalue weighted by molar-refractivity contribution is 0.0712. The minimum absolute atomic E-state index is 0.527. The molecule has 0 radical (unpaired) electrons. The van der Waals surface area contributed by atoms with Gasteiger partial charge in [0.05, 0.1) is 0 Å². The maximum absolute atomic E-state index is 5.80. The highest BCUT2D eigenvalue weighted by Gasteiger charge is 2.31. The van der Waals surface area contributed by atoms with E-state index in [2.05, 4.69) is 26.1 Å². The summed E-state index contributed by atoms with van der Waals surface area (Å²) in [6, 6.07) is 0. The molecule has 0 aromatic heterocycles. The van der Waals surface area contributed by atoms with Gasteiger partial charge in [0.25, 0.3) is 0 Å². The van der Waals surface area contributed by atoms with Gasteiger partial charge in [-0.05, 0) is 43.6 Å². The summed E-state index contributed by atoms with van der Waals surface area (Å²) in [6.07, 6.45) is 10.8. The highest BCUT2D eigenvalue weighted by Crippen LogP contribution is 2.38. The summed E-state index contributed by atoms with van der Waals surface area (Å²) < 4.78 is 5.80. The summed E-state index contributed by atoms with van der Waals surface area (Å²) >= 11 is 0. The molecule has 0 aliphatic heterocycles. The molecule has 0 saturated heterocycles. The zero-order valence-electron chi connectivity index (χ0n) is 13.5. The van der Waals surface area contributed by atoms with Crippen molar-refractivity contribution >= 4 is 0 Å². The van der Waals surface area contributed by atoms with Gasteiger partial charge in [0.15, 0.2) is 0 Å². The van der Waals surface area contributed by atoms with Crippen molar-refractivity contribution in [3.8, 4) is 0 Å². The van der Waals surface area contributed by atoms with Crippen molar-refractivity contribution in [3.63, 3.8) is 0 Å². The first-order chi connectivity index (χ1) is 9.18. The molecule has 114 valence electrons. The molecule has 1 aliphatic rings. The van der Waals surface area contributed by atoms with Gasteiger partial charge in [0, 0.05) is 19.8 Å². The van der Waals surface area contributed by atoms with E-state index in [0.717, 1.165) is 25.7 Å². The Hall–Kier alpha value is -0.0800. The highest BCUT2D eigenvalue weighted by molar-refractivity contribution is 4.85. The maximum atomic E-state index is 5.80. The zero-order valence-corrected chi connectivity index (χ0v) is 13.5. The van der Waals surface area contributed by atoms with Gasteiger partial charge >= 0.3 is 0 Å². The van der Waals surface area contributed by atoms with Gasteiger partial charge in [0.2, 0.25) is 0 Å². The second-order valence-electron chi connectivity index (χ2n) is 6.80. The normalized spacial score (nSPS) is 18.9. The van der Waals surface area contributed by atoms with Gasteiger partial charge in [-0.1, -0.05) is 46.5 Å². The fraction of sp³-hybridized carbons (Fsp3) is 1.00. The molecule has 0 aromatic rings. The van der Waals surface area contributed by atoms with Crippen LogP contribution in [0.4, 0.5) is 0 Å². The molecule has 1 rings (SSSR count). The lowest BCUT2D eigenvalue weighted by Gasteiger charge is -2.38. The van der Waals surface area contributed by atoms with E-state index in [-0.39, 0.29) is 0 Å². The van der Waals surface area contributed by atoms with Gasteiger partial charge in [-0.15, -0.1) is 0 Å². The molecule has 2 nitrogen and oxygen atoms in total. The van der Waals surface area contributed by atoms with Crippen LogP contribution in [0.2, 0.25) is 0 Å². The Bertz CT molecular complexity index is 209. The molecular weight excluding hydrogens is 234 g/mol. The van der Waals surface area contributed by atoms with Crippen molar-refractivity contribution in [2.75, 3.05) is 26.3 Å². The maximum Gasteiger partial charge on any atom is 0.0471 e. The minimum atomic E-state index is 0.527. The topological polar surface area (TPSA) is 21.3 Å². The number of ether oxygens (including phenoxy) is 1. The minimum Gasteiger partial charge on any atom is -0.381 e. The number of hydrogen-bond donors (Lipinski definition) is 1. The monoisotopic (exact) mass is 269 g/mol. The van der Waals surface area contributed by atoms with Crippen molar-refractivity contribution in [1.29, 1.82) is 0 Å². The second kappa shape index (κ2) is 9.77. The summed E-state index contributed by atoms with van der Waals surface area (Å²) in [5, 5.41) is 3.69.